The van der Waals surface area contributed by atoms with Crippen molar-refractivity contribution >= 4 is 22.0 Å². The van der Waals surface area contributed by atoms with E-state index in [4.69, 9.17) is 5.11 Å². The number of Topliss-reactive ketones (excluding diaryl/α,β-unsaturated/α-hetero) is 1. The van der Waals surface area contributed by atoms with Crippen molar-refractivity contribution in [2.45, 2.75) is 13.5 Å². The van der Waals surface area contributed by atoms with Gasteiger partial charge in [0.2, 0.25) is 0 Å². The summed E-state index contributed by atoms with van der Waals surface area (Å²) in [4.78, 5) is 16.0. The van der Waals surface area contributed by atoms with E-state index in [2.05, 4.69) is 4.98 Å². The van der Waals surface area contributed by atoms with Gasteiger partial charge in [-0.3, -0.25) is 9.20 Å². The van der Waals surface area contributed by atoms with Crippen LogP contribution >= 0.6 is 11.3 Å². The van der Waals surface area contributed by atoms with Crippen molar-refractivity contribution in [3.05, 3.63) is 23.1 Å². The van der Waals surface area contributed by atoms with Gasteiger partial charge in [-0.05, 0) is 0 Å². The lowest BCUT2D eigenvalue weighted by Crippen LogP contribution is -1.93. The molecule has 0 aliphatic carbocycles. The molecule has 5 heteroatoms. The standard InChI is InChI=1S/C8H8N2O2S/c1-5(12)7-8-10(2-3-13-8)6(4-11)9-7/h2-3,11H,4H2,1H3. The average molecular weight is 196 g/mol. The number of carbonyl (C=O) groups excluding carboxylic acids is 1. The lowest BCUT2D eigenvalue weighted by atomic mass is 10.3. The first-order valence-corrected chi connectivity index (χ1v) is 4.68. The van der Waals surface area contributed by atoms with E-state index >= 15 is 0 Å². The van der Waals surface area contributed by atoms with Gasteiger partial charge < -0.3 is 5.11 Å². The number of rotatable bonds is 2. The Labute approximate surface area is 78.5 Å². The Hall–Kier alpha value is -1.20. The molecule has 0 saturated heterocycles. The molecule has 13 heavy (non-hydrogen) atoms. The average Bonchev–Trinajstić information content (AvgIpc) is 2.61. The van der Waals surface area contributed by atoms with Crippen LogP contribution < -0.4 is 0 Å². The topological polar surface area (TPSA) is 54.6 Å². The third kappa shape index (κ3) is 1.16. The molecule has 2 aromatic rings. The summed E-state index contributed by atoms with van der Waals surface area (Å²) < 4.78 is 1.74. The van der Waals surface area contributed by atoms with Gasteiger partial charge >= 0.3 is 0 Å². The van der Waals surface area contributed by atoms with Crippen LogP contribution in [0.5, 0.6) is 0 Å². The molecule has 2 aromatic heterocycles. The number of hydrogen-bond acceptors (Lipinski definition) is 4. The zero-order valence-corrected chi connectivity index (χ0v) is 7.84. The van der Waals surface area contributed by atoms with E-state index < -0.39 is 0 Å². The summed E-state index contributed by atoms with van der Waals surface area (Å²) in [6.07, 6.45) is 1.80. The van der Waals surface area contributed by atoms with Crippen LogP contribution in [0.4, 0.5) is 0 Å². The summed E-state index contributed by atoms with van der Waals surface area (Å²) in [5.41, 5.74) is 0.444. The maximum atomic E-state index is 11.1. The van der Waals surface area contributed by atoms with Crippen LogP contribution in [-0.4, -0.2) is 20.3 Å². The van der Waals surface area contributed by atoms with Crippen molar-refractivity contribution < 1.29 is 9.90 Å². The van der Waals surface area contributed by atoms with Gasteiger partial charge in [0.15, 0.2) is 5.78 Å². The maximum absolute atomic E-state index is 11.1. The van der Waals surface area contributed by atoms with Gasteiger partial charge in [-0.1, -0.05) is 0 Å². The molecule has 2 heterocycles. The highest BCUT2D eigenvalue weighted by Crippen LogP contribution is 2.19. The Morgan fingerprint density at radius 3 is 3.15 bits per heavy atom. The molecule has 0 spiro atoms. The molecule has 0 radical (unpaired) electrons. The van der Waals surface area contributed by atoms with Crippen molar-refractivity contribution in [1.82, 2.24) is 9.38 Å². The van der Waals surface area contributed by atoms with Crippen molar-refractivity contribution in [3.8, 4) is 0 Å². The Morgan fingerprint density at radius 2 is 2.54 bits per heavy atom. The molecule has 0 aliphatic rings. The van der Waals surface area contributed by atoms with Gasteiger partial charge in [-0.15, -0.1) is 11.3 Å². The Kier molecular flexibility index (Phi) is 1.90. The first kappa shape index (κ1) is 8.40. The first-order valence-electron chi connectivity index (χ1n) is 3.80. The van der Waals surface area contributed by atoms with E-state index in [1.807, 2.05) is 5.38 Å². The number of nitrogens with zero attached hydrogens (tertiary/aromatic N) is 2. The first-order chi connectivity index (χ1) is 6.24. The predicted octanol–water partition coefficient (Wildman–Crippen LogP) is 1.09. The molecule has 4 nitrogen and oxygen atoms in total. The van der Waals surface area contributed by atoms with E-state index in [1.54, 1.807) is 10.6 Å². The molecule has 0 bridgehead atoms. The highest BCUT2D eigenvalue weighted by Gasteiger charge is 2.14. The highest BCUT2D eigenvalue weighted by atomic mass is 32.1. The number of aromatic nitrogens is 2. The minimum atomic E-state index is -0.148. The van der Waals surface area contributed by atoms with Crippen LogP contribution in [0.15, 0.2) is 11.6 Å². The maximum Gasteiger partial charge on any atom is 0.181 e. The smallest absolute Gasteiger partial charge is 0.181 e. The fourth-order valence-corrected chi connectivity index (χ4v) is 2.12. The van der Waals surface area contributed by atoms with Crippen LogP contribution in [0.25, 0.3) is 4.83 Å². The largest absolute Gasteiger partial charge is 0.388 e. The lowest BCUT2D eigenvalue weighted by molar-refractivity contribution is 0.101. The second-order valence-corrected chi connectivity index (χ2v) is 3.56. The summed E-state index contributed by atoms with van der Waals surface area (Å²) in [6, 6.07) is 0. The summed E-state index contributed by atoms with van der Waals surface area (Å²) >= 11 is 1.45. The van der Waals surface area contributed by atoms with Crippen LogP contribution in [0.3, 0.4) is 0 Å². The SMILES string of the molecule is CC(=O)c1nc(CO)n2ccsc12. The number of ketones is 1. The second kappa shape index (κ2) is 2.93. The molecular formula is C8H8N2O2S. The van der Waals surface area contributed by atoms with Crippen LogP contribution in [0, 0.1) is 0 Å². The summed E-state index contributed by atoms with van der Waals surface area (Å²) in [7, 11) is 0. The van der Waals surface area contributed by atoms with Crippen molar-refractivity contribution in [3.63, 3.8) is 0 Å². The number of fused-ring (bicyclic) bond motifs is 1. The van der Waals surface area contributed by atoms with E-state index in [0.29, 0.717) is 11.5 Å². The van der Waals surface area contributed by atoms with Gasteiger partial charge in [-0.2, -0.15) is 0 Å². The van der Waals surface area contributed by atoms with Crippen molar-refractivity contribution in [2.75, 3.05) is 0 Å². The van der Waals surface area contributed by atoms with Gasteiger partial charge in [-0.25, -0.2) is 4.98 Å². The molecule has 0 aliphatic heterocycles. The molecule has 2 rings (SSSR count). The Bertz CT molecular complexity index is 458. The quantitative estimate of drug-likeness (QED) is 0.731. The fraction of sp³-hybridized carbons (Fsp3) is 0.250. The number of carbonyl (C=O) groups is 1. The summed E-state index contributed by atoms with van der Waals surface area (Å²) in [5, 5.41) is 10.8. The number of hydrogen-bond donors (Lipinski definition) is 1. The third-order valence-corrected chi connectivity index (χ3v) is 2.68. The molecule has 0 amide bonds. The molecule has 0 unspecified atom stereocenters. The van der Waals surface area contributed by atoms with Gasteiger partial charge in [0.25, 0.3) is 0 Å². The normalized spacial score (nSPS) is 10.9. The van der Waals surface area contributed by atoms with Crippen LogP contribution in [0.2, 0.25) is 0 Å². The molecule has 1 N–H and O–H groups in total. The minimum Gasteiger partial charge on any atom is -0.388 e. The predicted molar refractivity (Wildman–Crippen MR) is 49.0 cm³/mol. The van der Waals surface area contributed by atoms with Gasteiger partial charge in [0, 0.05) is 18.5 Å². The number of aliphatic hydroxyl groups excluding tert-OH is 1. The minimum absolute atomic E-state index is 0.0698. The number of aliphatic hydroxyl groups is 1. The summed E-state index contributed by atoms with van der Waals surface area (Å²) in [5.74, 6) is 0.445. The molecule has 68 valence electrons. The third-order valence-electron chi connectivity index (χ3n) is 1.80. The van der Waals surface area contributed by atoms with Gasteiger partial charge in [0.05, 0.1) is 0 Å². The lowest BCUT2D eigenvalue weighted by Gasteiger charge is -1.87. The van der Waals surface area contributed by atoms with E-state index in [9.17, 15) is 4.79 Å². The van der Waals surface area contributed by atoms with E-state index in [-0.39, 0.29) is 12.4 Å². The van der Waals surface area contributed by atoms with Crippen molar-refractivity contribution in [2.24, 2.45) is 0 Å². The molecule has 0 atom stereocenters. The molecule has 0 saturated carbocycles. The number of thiazole rings is 1. The molecule has 0 aromatic carbocycles. The second-order valence-electron chi connectivity index (χ2n) is 2.67. The molecular weight excluding hydrogens is 188 g/mol. The van der Waals surface area contributed by atoms with E-state index in [1.165, 1.54) is 18.3 Å². The number of imidazole rings is 1. The fourth-order valence-electron chi connectivity index (χ4n) is 1.22. The zero-order chi connectivity index (χ0) is 9.42. The van der Waals surface area contributed by atoms with Gasteiger partial charge in [0.1, 0.15) is 23.0 Å². The van der Waals surface area contributed by atoms with Crippen LogP contribution in [0.1, 0.15) is 23.2 Å². The van der Waals surface area contributed by atoms with Crippen LogP contribution in [-0.2, 0) is 6.61 Å². The zero-order valence-electron chi connectivity index (χ0n) is 7.02. The summed E-state index contributed by atoms with van der Waals surface area (Å²) in [6.45, 7) is 1.33. The van der Waals surface area contributed by atoms with Crippen molar-refractivity contribution in [1.29, 1.82) is 0 Å². The molecule has 0 fully saturated rings. The highest BCUT2D eigenvalue weighted by molar-refractivity contribution is 7.15. The Morgan fingerprint density at radius 1 is 1.77 bits per heavy atom. The Balaban J connectivity index is 2.75. The monoisotopic (exact) mass is 196 g/mol. The van der Waals surface area contributed by atoms with E-state index in [0.717, 1.165) is 4.83 Å².